The average Bonchev–Trinajstić information content (AvgIpc) is 2.45. The third-order valence-corrected chi connectivity index (χ3v) is 3.91. The molecule has 0 spiro atoms. The quantitative estimate of drug-likeness (QED) is 0.341. The van der Waals surface area contributed by atoms with E-state index in [1.165, 1.54) is 51.4 Å². The zero-order valence-electron chi connectivity index (χ0n) is 15.0. The van der Waals surface area contributed by atoms with Gasteiger partial charge < -0.3 is 10.1 Å². The summed E-state index contributed by atoms with van der Waals surface area (Å²) in [5.74, 6) is 0.644. The molecule has 0 aliphatic rings. The van der Waals surface area contributed by atoms with Gasteiger partial charge in [-0.1, -0.05) is 72.1 Å². The fraction of sp³-hybridized carbons (Fsp3) is 0.944. The molecule has 0 aromatic carbocycles. The molecule has 4 heteroatoms. The average molecular weight is 332 g/mol. The first kappa shape index (κ1) is 21.6. The number of nitrogens with one attached hydrogen (secondary N) is 1. The second-order valence-electron chi connectivity index (χ2n) is 7.28. The van der Waals surface area contributed by atoms with Crippen LogP contribution in [-0.2, 0) is 4.74 Å². The largest absolute Gasteiger partial charge is 0.450 e. The van der Waals surface area contributed by atoms with Crippen LogP contribution < -0.4 is 5.32 Å². The van der Waals surface area contributed by atoms with Crippen LogP contribution in [0.2, 0.25) is 0 Å². The normalized spacial score (nSPS) is 11.5. The molecule has 0 rings (SSSR count). The number of carbonyl (C=O) groups is 1. The van der Waals surface area contributed by atoms with E-state index in [1.807, 2.05) is 0 Å². The van der Waals surface area contributed by atoms with Crippen LogP contribution in [-0.4, -0.2) is 25.0 Å². The summed E-state index contributed by atoms with van der Waals surface area (Å²) < 4.78 is 5.06. The first-order chi connectivity index (χ1) is 10.5. The summed E-state index contributed by atoms with van der Waals surface area (Å²) in [6.45, 7) is 8.06. The van der Waals surface area contributed by atoms with Crippen LogP contribution in [0.4, 0.5) is 4.79 Å². The van der Waals surface area contributed by atoms with Crippen molar-refractivity contribution in [2.45, 2.75) is 85.0 Å². The Hall–Kier alpha value is -0.380. The Kier molecular flexibility index (Phi) is 14.0. The molecule has 1 N–H and O–H groups in total. The van der Waals surface area contributed by atoms with Crippen molar-refractivity contribution in [3.8, 4) is 0 Å². The molecule has 22 heavy (non-hydrogen) atoms. The number of rotatable bonds is 13. The van der Waals surface area contributed by atoms with Crippen molar-refractivity contribution in [3.05, 3.63) is 0 Å². The molecule has 132 valence electrons. The number of alkyl carbamates (subject to hydrolysis) is 1. The van der Waals surface area contributed by atoms with Crippen LogP contribution in [0, 0.1) is 5.41 Å². The summed E-state index contributed by atoms with van der Waals surface area (Å²) in [5, 5.41) is 2.64. The van der Waals surface area contributed by atoms with E-state index in [0.29, 0.717) is 24.3 Å². The van der Waals surface area contributed by atoms with Gasteiger partial charge in [0.05, 0.1) is 6.61 Å². The fourth-order valence-electron chi connectivity index (χ4n) is 2.37. The number of ether oxygens (including phenoxy) is 1. The molecule has 1 amide bonds. The van der Waals surface area contributed by atoms with Gasteiger partial charge >= 0.3 is 6.09 Å². The van der Waals surface area contributed by atoms with E-state index in [2.05, 4.69) is 38.7 Å². The van der Waals surface area contributed by atoms with Crippen molar-refractivity contribution in [3.63, 3.8) is 0 Å². The standard InChI is InChI=1S/C18H37NO2S/c1-18(2,3)13-11-9-7-5-4-6-8-10-12-15-21-17(20)19-14-16-22/h22H,4-16H2,1-3H3,(H,19,20). The van der Waals surface area contributed by atoms with E-state index in [4.69, 9.17) is 4.74 Å². The number of carbonyl (C=O) groups excluding carboxylic acids is 1. The van der Waals surface area contributed by atoms with Gasteiger partial charge in [0.2, 0.25) is 0 Å². The minimum absolute atomic E-state index is 0.315. The number of hydrogen-bond acceptors (Lipinski definition) is 3. The summed E-state index contributed by atoms with van der Waals surface area (Å²) in [6.07, 6.45) is 12.6. The van der Waals surface area contributed by atoms with Crippen LogP contribution in [0.15, 0.2) is 0 Å². The smallest absolute Gasteiger partial charge is 0.407 e. The summed E-state index contributed by atoms with van der Waals surface area (Å²) >= 11 is 4.02. The van der Waals surface area contributed by atoms with Crippen molar-refractivity contribution < 1.29 is 9.53 Å². The maximum absolute atomic E-state index is 11.2. The zero-order chi connectivity index (χ0) is 16.7. The Bertz CT molecular complexity index is 264. The first-order valence-corrected chi connectivity index (χ1v) is 9.60. The monoisotopic (exact) mass is 331 g/mol. The molecule has 3 nitrogen and oxygen atoms in total. The number of amides is 1. The molecule has 0 aliphatic carbocycles. The van der Waals surface area contributed by atoms with E-state index < -0.39 is 0 Å². The topological polar surface area (TPSA) is 38.3 Å². The van der Waals surface area contributed by atoms with Crippen molar-refractivity contribution in [2.75, 3.05) is 18.9 Å². The Morgan fingerprint density at radius 3 is 1.91 bits per heavy atom. The summed E-state index contributed by atoms with van der Waals surface area (Å²) in [5.41, 5.74) is 0.492. The molecule has 0 aromatic rings. The fourth-order valence-corrected chi connectivity index (χ4v) is 2.48. The summed E-state index contributed by atoms with van der Waals surface area (Å²) in [4.78, 5) is 11.2. The van der Waals surface area contributed by atoms with Gasteiger partial charge in [-0.2, -0.15) is 12.6 Å². The Morgan fingerprint density at radius 1 is 0.909 bits per heavy atom. The van der Waals surface area contributed by atoms with Crippen molar-refractivity contribution in [1.29, 1.82) is 0 Å². The van der Waals surface area contributed by atoms with Gasteiger partial charge in [0.1, 0.15) is 0 Å². The molecule has 0 saturated carbocycles. The maximum Gasteiger partial charge on any atom is 0.407 e. The number of hydrogen-bond donors (Lipinski definition) is 2. The third kappa shape index (κ3) is 17.7. The van der Waals surface area contributed by atoms with Crippen LogP contribution >= 0.6 is 12.6 Å². The third-order valence-electron chi connectivity index (χ3n) is 3.69. The molecule has 0 aromatic heterocycles. The highest BCUT2D eigenvalue weighted by molar-refractivity contribution is 7.80. The van der Waals surface area contributed by atoms with Crippen LogP contribution in [0.1, 0.15) is 85.0 Å². The van der Waals surface area contributed by atoms with E-state index in [9.17, 15) is 4.79 Å². The van der Waals surface area contributed by atoms with Crippen molar-refractivity contribution in [2.24, 2.45) is 5.41 Å². The van der Waals surface area contributed by atoms with Crippen molar-refractivity contribution in [1.82, 2.24) is 5.32 Å². The minimum atomic E-state index is -0.315. The van der Waals surface area contributed by atoms with Gasteiger partial charge in [-0.25, -0.2) is 4.79 Å². The van der Waals surface area contributed by atoms with E-state index in [1.54, 1.807) is 0 Å². The molecule has 0 saturated heterocycles. The molecule has 0 bridgehead atoms. The van der Waals surface area contributed by atoms with Gasteiger partial charge in [0, 0.05) is 12.3 Å². The number of thiol groups is 1. The predicted molar refractivity (Wildman–Crippen MR) is 98.8 cm³/mol. The van der Waals surface area contributed by atoms with Gasteiger partial charge in [0.25, 0.3) is 0 Å². The van der Waals surface area contributed by atoms with Crippen molar-refractivity contribution >= 4 is 18.7 Å². The van der Waals surface area contributed by atoms with Crippen LogP contribution in [0.25, 0.3) is 0 Å². The predicted octanol–water partition coefficient (Wildman–Crippen LogP) is 5.59. The molecule has 0 fully saturated rings. The molecule has 0 unspecified atom stereocenters. The van der Waals surface area contributed by atoms with Gasteiger partial charge in [-0.3, -0.25) is 0 Å². The SMILES string of the molecule is CC(C)(C)CCCCCCCCCCCOC(=O)NCCS. The lowest BCUT2D eigenvalue weighted by molar-refractivity contribution is 0.144. The van der Waals surface area contributed by atoms with E-state index in [0.717, 1.165) is 12.8 Å². The van der Waals surface area contributed by atoms with E-state index in [-0.39, 0.29) is 6.09 Å². The molecule has 0 aliphatic heterocycles. The van der Waals surface area contributed by atoms with Gasteiger partial charge in [-0.15, -0.1) is 0 Å². The molecular weight excluding hydrogens is 294 g/mol. The lowest BCUT2D eigenvalue weighted by atomic mass is 9.89. The summed E-state index contributed by atoms with van der Waals surface area (Å²) in [6, 6.07) is 0. The second-order valence-corrected chi connectivity index (χ2v) is 7.73. The Labute approximate surface area is 143 Å². The Balaban J connectivity index is 3.13. The molecule has 0 atom stereocenters. The first-order valence-electron chi connectivity index (χ1n) is 8.97. The van der Waals surface area contributed by atoms with Gasteiger partial charge in [-0.05, 0) is 18.3 Å². The Morgan fingerprint density at radius 2 is 1.41 bits per heavy atom. The van der Waals surface area contributed by atoms with Crippen LogP contribution in [0.3, 0.4) is 0 Å². The maximum atomic E-state index is 11.2. The summed E-state index contributed by atoms with van der Waals surface area (Å²) in [7, 11) is 0. The van der Waals surface area contributed by atoms with E-state index >= 15 is 0 Å². The highest BCUT2D eigenvalue weighted by Crippen LogP contribution is 2.22. The minimum Gasteiger partial charge on any atom is -0.450 e. The molecule has 0 heterocycles. The lowest BCUT2D eigenvalue weighted by Gasteiger charge is -2.17. The van der Waals surface area contributed by atoms with Gasteiger partial charge in [0.15, 0.2) is 0 Å². The highest BCUT2D eigenvalue weighted by atomic mass is 32.1. The number of unbranched alkanes of at least 4 members (excludes halogenated alkanes) is 8. The lowest BCUT2D eigenvalue weighted by Crippen LogP contribution is -2.26. The second kappa shape index (κ2) is 14.2. The molecular formula is C18H37NO2S. The zero-order valence-corrected chi connectivity index (χ0v) is 15.9. The molecule has 0 radical (unpaired) electrons. The van der Waals surface area contributed by atoms with Crippen LogP contribution in [0.5, 0.6) is 0 Å². The highest BCUT2D eigenvalue weighted by Gasteiger charge is 2.08.